The summed E-state index contributed by atoms with van der Waals surface area (Å²) in [5, 5.41) is 4.91. The van der Waals surface area contributed by atoms with Gasteiger partial charge in [-0.1, -0.05) is 11.6 Å². The van der Waals surface area contributed by atoms with E-state index in [1.807, 2.05) is 0 Å². The number of carbonyl (C=O) groups is 1. The maximum absolute atomic E-state index is 12.1. The maximum Gasteiger partial charge on any atom is 0.253 e. The summed E-state index contributed by atoms with van der Waals surface area (Å²) >= 11 is 5.72. The van der Waals surface area contributed by atoms with E-state index in [0.717, 1.165) is 12.3 Å². The van der Waals surface area contributed by atoms with Crippen LogP contribution in [0.4, 0.5) is 0 Å². The van der Waals surface area contributed by atoms with Crippen LogP contribution in [0.25, 0.3) is 0 Å². The highest BCUT2D eigenvalue weighted by molar-refractivity contribution is 7.90. The van der Waals surface area contributed by atoms with E-state index >= 15 is 0 Å². The van der Waals surface area contributed by atoms with Crippen molar-refractivity contribution >= 4 is 37.4 Å². The highest BCUT2D eigenvalue weighted by Gasteiger charge is 2.19. The molecule has 0 radical (unpaired) electrons. The molecule has 0 aliphatic carbocycles. The highest BCUT2D eigenvalue weighted by Crippen LogP contribution is 2.22. The van der Waals surface area contributed by atoms with Crippen molar-refractivity contribution in [2.45, 2.75) is 4.90 Å². The smallest absolute Gasteiger partial charge is 0.253 e. The van der Waals surface area contributed by atoms with Crippen LogP contribution in [0.15, 0.2) is 23.1 Å². The van der Waals surface area contributed by atoms with E-state index in [1.54, 1.807) is 0 Å². The molecule has 0 bridgehead atoms. The molecule has 0 aliphatic rings. The van der Waals surface area contributed by atoms with Crippen molar-refractivity contribution in [3.8, 4) is 0 Å². The molecular formula is C11H15ClN2O5S2. The van der Waals surface area contributed by atoms with E-state index in [2.05, 4.69) is 0 Å². The van der Waals surface area contributed by atoms with E-state index in [0.29, 0.717) is 0 Å². The van der Waals surface area contributed by atoms with Crippen LogP contribution < -0.4 is 5.14 Å². The minimum atomic E-state index is -4.05. The second kappa shape index (κ2) is 6.30. The fourth-order valence-electron chi connectivity index (χ4n) is 1.48. The topological polar surface area (TPSA) is 115 Å². The molecule has 0 saturated carbocycles. The first-order valence-corrected chi connectivity index (χ1v) is 9.66. The molecule has 2 N–H and O–H groups in total. The highest BCUT2D eigenvalue weighted by atomic mass is 35.5. The van der Waals surface area contributed by atoms with Crippen LogP contribution in [-0.4, -0.2) is 53.2 Å². The summed E-state index contributed by atoms with van der Waals surface area (Å²) in [5.41, 5.74) is 0.0550. The van der Waals surface area contributed by atoms with Gasteiger partial charge in [0.2, 0.25) is 10.0 Å². The molecule has 0 saturated heterocycles. The van der Waals surface area contributed by atoms with Gasteiger partial charge in [-0.2, -0.15) is 0 Å². The third-order valence-electron chi connectivity index (χ3n) is 2.63. The van der Waals surface area contributed by atoms with Crippen molar-refractivity contribution in [2.24, 2.45) is 5.14 Å². The minimum absolute atomic E-state index is 0.00893. The fraction of sp³-hybridized carbons (Fsp3) is 0.364. The Labute approximate surface area is 128 Å². The Balaban J connectivity index is 3.04. The molecule has 0 spiro atoms. The normalized spacial score (nSPS) is 12.2. The average Bonchev–Trinajstić information content (AvgIpc) is 2.33. The first-order valence-electron chi connectivity index (χ1n) is 5.67. The van der Waals surface area contributed by atoms with Gasteiger partial charge in [-0.15, -0.1) is 0 Å². The lowest BCUT2D eigenvalue weighted by Crippen LogP contribution is -2.31. The Morgan fingerprint density at radius 3 is 2.33 bits per heavy atom. The zero-order valence-electron chi connectivity index (χ0n) is 11.4. The van der Waals surface area contributed by atoms with Crippen LogP contribution in [0.2, 0.25) is 5.02 Å². The summed E-state index contributed by atoms with van der Waals surface area (Å²) in [5.74, 6) is -0.717. The molecule has 7 nitrogen and oxygen atoms in total. The summed E-state index contributed by atoms with van der Waals surface area (Å²) in [6.07, 6.45) is 1.06. The van der Waals surface area contributed by atoms with E-state index in [-0.39, 0.29) is 27.8 Å². The SMILES string of the molecule is CN(CCS(C)(=O)=O)C(=O)c1ccc(Cl)c(S(N)(=O)=O)c1. The predicted molar refractivity (Wildman–Crippen MR) is 79.5 cm³/mol. The Bertz CT molecular complexity index is 759. The van der Waals surface area contributed by atoms with Crippen LogP contribution in [0.5, 0.6) is 0 Å². The molecule has 118 valence electrons. The number of primary sulfonamides is 1. The van der Waals surface area contributed by atoms with Gasteiger partial charge in [0.05, 0.1) is 10.8 Å². The summed E-state index contributed by atoms with van der Waals surface area (Å²) in [7, 11) is -5.84. The van der Waals surface area contributed by atoms with Gasteiger partial charge in [0.15, 0.2) is 0 Å². The molecule has 0 heterocycles. The standard InChI is InChI=1S/C11H15ClN2O5S2/c1-14(5-6-20(2,16)17)11(15)8-3-4-9(12)10(7-8)21(13,18)19/h3-4,7H,5-6H2,1-2H3,(H2,13,18,19). The molecule has 0 aliphatic heterocycles. The molecule has 21 heavy (non-hydrogen) atoms. The Morgan fingerprint density at radius 1 is 1.29 bits per heavy atom. The summed E-state index contributed by atoms with van der Waals surface area (Å²) in [4.78, 5) is 12.9. The van der Waals surface area contributed by atoms with Crippen molar-refractivity contribution in [3.63, 3.8) is 0 Å². The van der Waals surface area contributed by atoms with Gasteiger partial charge in [-0.05, 0) is 18.2 Å². The van der Waals surface area contributed by atoms with Crippen LogP contribution in [0.1, 0.15) is 10.4 Å². The molecule has 0 unspecified atom stereocenters. The van der Waals surface area contributed by atoms with Gasteiger partial charge in [-0.3, -0.25) is 4.79 Å². The van der Waals surface area contributed by atoms with Crippen molar-refractivity contribution in [1.29, 1.82) is 0 Å². The number of amides is 1. The first-order chi connectivity index (χ1) is 9.42. The zero-order chi connectivity index (χ0) is 16.4. The number of hydrogen-bond acceptors (Lipinski definition) is 5. The lowest BCUT2D eigenvalue weighted by Gasteiger charge is -2.17. The number of carbonyl (C=O) groups excluding carboxylic acids is 1. The van der Waals surface area contributed by atoms with Gasteiger partial charge in [0.25, 0.3) is 5.91 Å². The molecule has 1 aromatic carbocycles. The summed E-state index contributed by atoms with van der Waals surface area (Å²) in [6, 6.07) is 3.66. The summed E-state index contributed by atoms with van der Waals surface area (Å²) in [6.45, 7) is -0.00893. The van der Waals surface area contributed by atoms with Crippen molar-refractivity contribution < 1.29 is 21.6 Å². The van der Waals surface area contributed by atoms with E-state index < -0.39 is 25.8 Å². The van der Waals surface area contributed by atoms with E-state index in [1.165, 1.54) is 24.1 Å². The molecule has 1 aromatic rings. The van der Waals surface area contributed by atoms with Crippen LogP contribution in [-0.2, 0) is 19.9 Å². The van der Waals surface area contributed by atoms with Crippen LogP contribution in [0, 0.1) is 0 Å². The lowest BCUT2D eigenvalue weighted by atomic mass is 10.2. The van der Waals surface area contributed by atoms with E-state index in [9.17, 15) is 21.6 Å². The van der Waals surface area contributed by atoms with Gasteiger partial charge < -0.3 is 4.90 Å². The molecule has 0 fully saturated rings. The number of nitrogens with zero attached hydrogens (tertiary/aromatic N) is 1. The number of hydrogen-bond donors (Lipinski definition) is 1. The van der Waals surface area contributed by atoms with Crippen molar-refractivity contribution in [3.05, 3.63) is 28.8 Å². The third-order valence-corrected chi connectivity index (χ3v) is 4.95. The van der Waals surface area contributed by atoms with Crippen molar-refractivity contribution in [1.82, 2.24) is 4.90 Å². The second-order valence-corrected chi connectivity index (χ2v) is 8.74. The average molecular weight is 355 g/mol. The number of nitrogens with two attached hydrogens (primary N) is 1. The Morgan fingerprint density at radius 2 is 1.86 bits per heavy atom. The largest absolute Gasteiger partial charge is 0.341 e. The Hall–Kier alpha value is -1.16. The van der Waals surface area contributed by atoms with Gasteiger partial charge in [-0.25, -0.2) is 22.0 Å². The Kier molecular flexibility index (Phi) is 5.37. The number of sulfonamides is 1. The zero-order valence-corrected chi connectivity index (χ0v) is 13.8. The fourth-order valence-corrected chi connectivity index (χ4v) is 3.16. The van der Waals surface area contributed by atoms with Crippen LogP contribution in [0.3, 0.4) is 0 Å². The molecule has 10 heteroatoms. The van der Waals surface area contributed by atoms with Crippen molar-refractivity contribution in [2.75, 3.05) is 25.6 Å². The number of sulfone groups is 1. The number of benzene rings is 1. The molecule has 1 amide bonds. The molecule has 1 rings (SSSR count). The van der Waals surface area contributed by atoms with Gasteiger partial charge in [0.1, 0.15) is 14.7 Å². The van der Waals surface area contributed by atoms with Gasteiger partial charge in [0, 0.05) is 25.4 Å². The molecular weight excluding hydrogens is 340 g/mol. The lowest BCUT2D eigenvalue weighted by molar-refractivity contribution is 0.0803. The third kappa shape index (κ3) is 5.27. The quantitative estimate of drug-likeness (QED) is 0.805. The molecule has 0 atom stereocenters. The summed E-state index contributed by atoms with van der Waals surface area (Å²) < 4.78 is 44.8. The first kappa shape index (κ1) is 17.9. The van der Waals surface area contributed by atoms with Crippen LogP contribution >= 0.6 is 11.6 Å². The van der Waals surface area contributed by atoms with Gasteiger partial charge >= 0.3 is 0 Å². The molecule has 0 aromatic heterocycles. The number of rotatable bonds is 5. The van der Waals surface area contributed by atoms with E-state index in [4.69, 9.17) is 16.7 Å². The monoisotopic (exact) mass is 354 g/mol. The number of halogens is 1. The maximum atomic E-state index is 12.1. The predicted octanol–water partition coefficient (Wildman–Crippen LogP) is 0.104. The minimum Gasteiger partial charge on any atom is -0.341 e. The second-order valence-electron chi connectivity index (χ2n) is 4.55.